The third-order valence-electron chi connectivity index (χ3n) is 6.08. The molecular formula is C23H28N4O2. The molecule has 152 valence electrons. The Kier molecular flexibility index (Phi) is 5.88. The Labute approximate surface area is 171 Å². The van der Waals surface area contributed by atoms with Gasteiger partial charge in [-0.1, -0.05) is 36.8 Å². The van der Waals surface area contributed by atoms with E-state index in [1.165, 1.54) is 0 Å². The van der Waals surface area contributed by atoms with E-state index in [-0.39, 0.29) is 23.8 Å². The molecule has 1 aliphatic heterocycles. The molecule has 0 spiro atoms. The molecule has 2 aliphatic rings. The van der Waals surface area contributed by atoms with Gasteiger partial charge in [0.15, 0.2) is 5.82 Å². The number of rotatable bonds is 5. The summed E-state index contributed by atoms with van der Waals surface area (Å²) >= 11 is 0. The Hall–Kier alpha value is -2.76. The quantitative estimate of drug-likeness (QED) is 0.844. The molecule has 1 saturated carbocycles. The van der Waals surface area contributed by atoms with Crippen LogP contribution in [-0.4, -0.2) is 33.2 Å². The van der Waals surface area contributed by atoms with Crippen molar-refractivity contribution in [2.75, 3.05) is 6.54 Å². The van der Waals surface area contributed by atoms with Crippen LogP contribution in [0.4, 0.5) is 0 Å². The van der Waals surface area contributed by atoms with Gasteiger partial charge in [-0.25, -0.2) is 9.97 Å². The van der Waals surface area contributed by atoms with Crippen molar-refractivity contribution in [2.24, 2.45) is 5.92 Å². The summed E-state index contributed by atoms with van der Waals surface area (Å²) in [5.74, 6) is 0.921. The lowest BCUT2D eigenvalue weighted by molar-refractivity contribution is -0.142. The highest BCUT2D eigenvalue weighted by atomic mass is 16.2. The minimum atomic E-state index is -0.177. The number of carbonyl (C=O) groups excluding carboxylic acids is 2. The number of aryl methyl sites for hydroxylation is 1. The van der Waals surface area contributed by atoms with Crippen molar-refractivity contribution in [1.29, 1.82) is 0 Å². The van der Waals surface area contributed by atoms with Crippen LogP contribution in [-0.2, 0) is 11.3 Å². The van der Waals surface area contributed by atoms with Gasteiger partial charge in [0, 0.05) is 25.2 Å². The van der Waals surface area contributed by atoms with Crippen LogP contribution in [0.1, 0.15) is 72.0 Å². The van der Waals surface area contributed by atoms with Gasteiger partial charge in [-0.2, -0.15) is 0 Å². The predicted molar refractivity (Wildman–Crippen MR) is 110 cm³/mol. The van der Waals surface area contributed by atoms with Crippen molar-refractivity contribution in [3.8, 4) is 0 Å². The molecule has 1 aromatic heterocycles. The normalized spacial score (nSPS) is 19.5. The summed E-state index contributed by atoms with van der Waals surface area (Å²) in [7, 11) is 0. The summed E-state index contributed by atoms with van der Waals surface area (Å²) < 4.78 is 0. The van der Waals surface area contributed by atoms with Crippen molar-refractivity contribution in [3.05, 3.63) is 59.2 Å². The Morgan fingerprint density at radius 2 is 1.90 bits per heavy atom. The second-order valence-electron chi connectivity index (χ2n) is 8.07. The SMILES string of the molecule is Cc1nc(C2CCCCN2C(=O)C2CCC2)ncc1C(=O)NCc1ccccc1. The Bertz CT molecular complexity index is 880. The molecular weight excluding hydrogens is 364 g/mol. The smallest absolute Gasteiger partial charge is 0.254 e. The van der Waals surface area contributed by atoms with E-state index in [9.17, 15) is 9.59 Å². The average molecular weight is 393 g/mol. The molecule has 1 N–H and O–H groups in total. The minimum absolute atomic E-state index is 0.0722. The van der Waals surface area contributed by atoms with Crippen LogP contribution in [0.25, 0.3) is 0 Å². The van der Waals surface area contributed by atoms with Crippen molar-refractivity contribution in [2.45, 2.75) is 58.0 Å². The lowest BCUT2D eigenvalue weighted by Gasteiger charge is -2.39. The highest BCUT2D eigenvalue weighted by Crippen LogP contribution is 2.35. The molecule has 1 atom stereocenters. The van der Waals surface area contributed by atoms with Gasteiger partial charge in [0.2, 0.25) is 5.91 Å². The highest BCUT2D eigenvalue weighted by molar-refractivity contribution is 5.94. The number of carbonyl (C=O) groups is 2. The summed E-state index contributed by atoms with van der Waals surface area (Å²) in [6, 6.07) is 9.73. The molecule has 2 fully saturated rings. The summed E-state index contributed by atoms with van der Waals surface area (Å²) in [6.45, 7) is 3.08. The molecule has 6 heteroatoms. The maximum absolute atomic E-state index is 12.9. The summed E-state index contributed by atoms with van der Waals surface area (Å²) in [4.78, 5) is 36.6. The molecule has 2 amide bonds. The van der Waals surface area contributed by atoms with Crippen molar-refractivity contribution < 1.29 is 9.59 Å². The van der Waals surface area contributed by atoms with E-state index >= 15 is 0 Å². The second-order valence-corrected chi connectivity index (χ2v) is 8.07. The first kappa shape index (κ1) is 19.6. The summed E-state index contributed by atoms with van der Waals surface area (Å²) in [5, 5.41) is 2.93. The molecule has 1 saturated heterocycles. The van der Waals surface area contributed by atoms with Crippen molar-refractivity contribution in [1.82, 2.24) is 20.2 Å². The topological polar surface area (TPSA) is 75.2 Å². The van der Waals surface area contributed by atoms with Gasteiger partial charge in [-0.15, -0.1) is 0 Å². The van der Waals surface area contributed by atoms with Gasteiger partial charge in [0.25, 0.3) is 5.91 Å². The molecule has 1 unspecified atom stereocenters. The van der Waals surface area contributed by atoms with E-state index in [1.54, 1.807) is 6.20 Å². The molecule has 6 nitrogen and oxygen atoms in total. The van der Waals surface area contributed by atoms with Crippen LogP contribution in [0.3, 0.4) is 0 Å². The Balaban J connectivity index is 1.46. The standard InChI is InChI=1S/C23H28N4O2/c1-16-19(22(28)25-14-17-8-3-2-4-9-17)15-24-21(26-16)20-12-5-6-13-27(20)23(29)18-10-7-11-18/h2-4,8-9,15,18,20H,5-7,10-14H2,1H3,(H,25,28). The zero-order valence-electron chi connectivity index (χ0n) is 16.9. The maximum Gasteiger partial charge on any atom is 0.254 e. The van der Waals surface area contributed by atoms with E-state index < -0.39 is 0 Å². The van der Waals surface area contributed by atoms with Crippen LogP contribution in [0.15, 0.2) is 36.5 Å². The minimum Gasteiger partial charge on any atom is -0.348 e. The van der Waals surface area contributed by atoms with Gasteiger partial charge in [-0.05, 0) is 44.6 Å². The van der Waals surface area contributed by atoms with E-state index in [0.717, 1.165) is 50.6 Å². The molecule has 4 rings (SSSR count). The van der Waals surface area contributed by atoms with E-state index in [0.29, 0.717) is 23.6 Å². The maximum atomic E-state index is 12.9. The molecule has 2 aromatic rings. The number of piperidine rings is 1. The third kappa shape index (κ3) is 4.31. The van der Waals surface area contributed by atoms with Gasteiger partial charge in [0.1, 0.15) is 0 Å². The Morgan fingerprint density at radius 1 is 1.10 bits per heavy atom. The van der Waals surface area contributed by atoms with E-state index in [1.807, 2.05) is 42.2 Å². The lowest BCUT2D eigenvalue weighted by Crippen LogP contribution is -2.44. The number of benzene rings is 1. The molecule has 0 bridgehead atoms. The molecule has 1 aliphatic carbocycles. The molecule has 29 heavy (non-hydrogen) atoms. The number of hydrogen-bond acceptors (Lipinski definition) is 4. The molecule has 1 aromatic carbocycles. The van der Waals surface area contributed by atoms with Gasteiger partial charge >= 0.3 is 0 Å². The van der Waals surface area contributed by atoms with Crippen LogP contribution < -0.4 is 5.32 Å². The third-order valence-corrected chi connectivity index (χ3v) is 6.08. The first-order valence-electron chi connectivity index (χ1n) is 10.6. The van der Waals surface area contributed by atoms with E-state index in [4.69, 9.17) is 0 Å². The van der Waals surface area contributed by atoms with Crippen LogP contribution in [0.2, 0.25) is 0 Å². The second kappa shape index (κ2) is 8.72. The van der Waals surface area contributed by atoms with Crippen molar-refractivity contribution >= 4 is 11.8 Å². The van der Waals surface area contributed by atoms with Gasteiger partial charge in [0.05, 0.1) is 17.3 Å². The van der Waals surface area contributed by atoms with Gasteiger partial charge in [-0.3, -0.25) is 9.59 Å². The van der Waals surface area contributed by atoms with Crippen LogP contribution in [0, 0.1) is 12.8 Å². The fraction of sp³-hybridized carbons (Fsp3) is 0.478. The number of nitrogens with zero attached hydrogens (tertiary/aromatic N) is 3. The first-order valence-corrected chi connectivity index (χ1v) is 10.6. The average Bonchev–Trinajstić information content (AvgIpc) is 2.71. The van der Waals surface area contributed by atoms with Crippen LogP contribution >= 0.6 is 0 Å². The zero-order valence-corrected chi connectivity index (χ0v) is 16.9. The molecule has 0 radical (unpaired) electrons. The lowest BCUT2D eigenvalue weighted by atomic mass is 9.83. The highest BCUT2D eigenvalue weighted by Gasteiger charge is 2.36. The summed E-state index contributed by atoms with van der Waals surface area (Å²) in [6.07, 6.45) is 7.76. The number of nitrogens with one attached hydrogen (secondary N) is 1. The monoisotopic (exact) mass is 392 g/mol. The van der Waals surface area contributed by atoms with Crippen LogP contribution in [0.5, 0.6) is 0 Å². The fourth-order valence-corrected chi connectivity index (χ4v) is 4.10. The fourth-order valence-electron chi connectivity index (χ4n) is 4.10. The number of aromatic nitrogens is 2. The number of hydrogen-bond donors (Lipinski definition) is 1. The Morgan fingerprint density at radius 3 is 2.59 bits per heavy atom. The zero-order chi connectivity index (χ0) is 20.2. The molecule has 2 heterocycles. The van der Waals surface area contributed by atoms with Crippen molar-refractivity contribution in [3.63, 3.8) is 0 Å². The van der Waals surface area contributed by atoms with E-state index in [2.05, 4.69) is 15.3 Å². The van der Waals surface area contributed by atoms with Gasteiger partial charge < -0.3 is 10.2 Å². The number of amides is 2. The predicted octanol–water partition coefficient (Wildman–Crippen LogP) is 3.57. The number of likely N-dealkylation sites (tertiary alicyclic amines) is 1. The summed E-state index contributed by atoms with van der Waals surface area (Å²) in [5.41, 5.74) is 2.18. The largest absolute Gasteiger partial charge is 0.348 e. The first-order chi connectivity index (χ1) is 14.1.